The van der Waals surface area contributed by atoms with Crippen molar-refractivity contribution in [3.63, 3.8) is 0 Å². The van der Waals surface area contributed by atoms with Crippen molar-refractivity contribution in [2.75, 3.05) is 5.32 Å². The van der Waals surface area contributed by atoms with Crippen LogP contribution >= 0.6 is 0 Å². The zero-order valence-corrected chi connectivity index (χ0v) is 11.8. The number of halogens is 3. The van der Waals surface area contributed by atoms with Gasteiger partial charge in [0.15, 0.2) is 17.5 Å². The van der Waals surface area contributed by atoms with E-state index in [1.54, 1.807) is 0 Å². The first kappa shape index (κ1) is 15.2. The summed E-state index contributed by atoms with van der Waals surface area (Å²) >= 11 is 0. The van der Waals surface area contributed by atoms with Gasteiger partial charge in [0.05, 0.1) is 6.10 Å². The molecule has 0 atom stereocenters. The predicted molar refractivity (Wildman–Crippen MR) is 75.8 cm³/mol. The fraction of sp³-hybridized carbons (Fsp3) is 0.250. The smallest absolute Gasteiger partial charge is 0.194 e. The molecular weight excluding hydrogens is 279 g/mol. The first-order valence-electron chi connectivity index (χ1n) is 6.59. The van der Waals surface area contributed by atoms with Crippen LogP contribution in [-0.2, 0) is 6.54 Å². The van der Waals surface area contributed by atoms with Crippen LogP contribution in [0, 0.1) is 17.5 Å². The molecule has 0 aliphatic heterocycles. The molecule has 0 aliphatic carbocycles. The number of anilines is 1. The van der Waals surface area contributed by atoms with Crippen molar-refractivity contribution in [3.8, 4) is 5.75 Å². The van der Waals surface area contributed by atoms with Gasteiger partial charge in [-0.15, -0.1) is 0 Å². The number of hydrogen-bond acceptors (Lipinski definition) is 2. The van der Waals surface area contributed by atoms with Crippen molar-refractivity contribution >= 4 is 5.69 Å². The maximum absolute atomic E-state index is 13.1. The first-order chi connectivity index (χ1) is 9.95. The molecule has 0 bridgehead atoms. The molecule has 0 saturated carbocycles. The van der Waals surface area contributed by atoms with Gasteiger partial charge in [-0.3, -0.25) is 0 Å². The Kier molecular flexibility index (Phi) is 4.73. The molecule has 2 aromatic rings. The maximum Gasteiger partial charge on any atom is 0.194 e. The Morgan fingerprint density at radius 3 is 2.33 bits per heavy atom. The van der Waals surface area contributed by atoms with Gasteiger partial charge in [0.2, 0.25) is 0 Å². The van der Waals surface area contributed by atoms with Gasteiger partial charge in [0.25, 0.3) is 0 Å². The standard InChI is InChI=1S/C16H16F3NO/c1-10(2)21-13-5-3-4-11(6-13)9-20-12-7-14(17)16(19)15(18)8-12/h3-8,10,20H,9H2,1-2H3. The zero-order valence-electron chi connectivity index (χ0n) is 11.8. The molecule has 2 rings (SSSR count). The van der Waals surface area contributed by atoms with Gasteiger partial charge in [-0.1, -0.05) is 12.1 Å². The molecule has 2 nitrogen and oxygen atoms in total. The van der Waals surface area contributed by atoms with Crippen molar-refractivity contribution in [2.45, 2.75) is 26.5 Å². The minimum atomic E-state index is -1.46. The maximum atomic E-state index is 13.1. The Labute approximate surface area is 121 Å². The molecule has 0 amide bonds. The minimum Gasteiger partial charge on any atom is -0.491 e. The Balaban J connectivity index is 2.06. The van der Waals surface area contributed by atoms with Crippen molar-refractivity contribution in [3.05, 3.63) is 59.4 Å². The molecule has 21 heavy (non-hydrogen) atoms. The summed E-state index contributed by atoms with van der Waals surface area (Å²) in [5.41, 5.74) is 1.07. The Hall–Kier alpha value is -2.17. The largest absolute Gasteiger partial charge is 0.491 e. The van der Waals surface area contributed by atoms with E-state index in [-0.39, 0.29) is 11.8 Å². The predicted octanol–water partition coefficient (Wildman–Crippen LogP) is 4.50. The van der Waals surface area contributed by atoms with E-state index in [1.807, 2.05) is 38.1 Å². The van der Waals surface area contributed by atoms with Crippen LogP contribution in [0.15, 0.2) is 36.4 Å². The minimum absolute atomic E-state index is 0.0634. The molecule has 0 saturated heterocycles. The van der Waals surface area contributed by atoms with E-state index in [1.165, 1.54) is 0 Å². The van der Waals surface area contributed by atoms with Crippen LogP contribution in [-0.4, -0.2) is 6.10 Å². The molecular formula is C16H16F3NO. The number of hydrogen-bond donors (Lipinski definition) is 1. The molecule has 5 heteroatoms. The summed E-state index contributed by atoms with van der Waals surface area (Å²) in [5, 5.41) is 2.85. The molecule has 0 spiro atoms. The van der Waals surface area contributed by atoms with Crippen LogP contribution in [0.3, 0.4) is 0 Å². The van der Waals surface area contributed by atoms with E-state index in [9.17, 15) is 13.2 Å². The van der Waals surface area contributed by atoms with Gasteiger partial charge in [0, 0.05) is 24.4 Å². The van der Waals surface area contributed by atoms with Crippen molar-refractivity contribution in [1.29, 1.82) is 0 Å². The van der Waals surface area contributed by atoms with E-state index in [0.717, 1.165) is 23.4 Å². The molecule has 0 heterocycles. The molecule has 0 aromatic heterocycles. The highest BCUT2D eigenvalue weighted by Crippen LogP contribution is 2.19. The van der Waals surface area contributed by atoms with Gasteiger partial charge in [-0.25, -0.2) is 13.2 Å². The Morgan fingerprint density at radius 1 is 1.05 bits per heavy atom. The monoisotopic (exact) mass is 295 g/mol. The highest BCUT2D eigenvalue weighted by molar-refractivity contribution is 5.45. The molecule has 0 aliphatic rings. The van der Waals surface area contributed by atoms with E-state index < -0.39 is 17.5 Å². The Bertz CT molecular complexity index is 606. The summed E-state index contributed by atoms with van der Waals surface area (Å²) in [6.45, 7) is 4.20. The molecule has 0 unspecified atom stereocenters. The summed E-state index contributed by atoms with van der Waals surface area (Å²) < 4.78 is 44.6. The van der Waals surface area contributed by atoms with Crippen molar-refractivity contribution in [1.82, 2.24) is 0 Å². The summed E-state index contributed by atoms with van der Waals surface area (Å²) in [5.74, 6) is -3.17. The molecule has 0 fully saturated rings. The van der Waals surface area contributed by atoms with E-state index in [2.05, 4.69) is 5.32 Å². The van der Waals surface area contributed by atoms with Crippen LogP contribution in [0.5, 0.6) is 5.75 Å². The number of ether oxygens (including phenoxy) is 1. The second-order valence-electron chi connectivity index (χ2n) is 4.92. The fourth-order valence-corrected chi connectivity index (χ4v) is 1.86. The summed E-state index contributed by atoms with van der Waals surface area (Å²) in [7, 11) is 0. The van der Waals surface area contributed by atoms with Crippen molar-refractivity contribution in [2.24, 2.45) is 0 Å². The third-order valence-corrected chi connectivity index (χ3v) is 2.75. The van der Waals surface area contributed by atoms with Gasteiger partial charge in [0.1, 0.15) is 5.75 Å². The second kappa shape index (κ2) is 6.52. The highest BCUT2D eigenvalue weighted by Gasteiger charge is 2.10. The van der Waals surface area contributed by atoms with Gasteiger partial charge in [-0.2, -0.15) is 0 Å². The normalized spacial score (nSPS) is 10.8. The second-order valence-corrected chi connectivity index (χ2v) is 4.92. The highest BCUT2D eigenvalue weighted by atomic mass is 19.2. The van der Waals surface area contributed by atoms with Gasteiger partial charge in [-0.05, 0) is 31.5 Å². The van der Waals surface area contributed by atoms with Crippen LogP contribution in [0.2, 0.25) is 0 Å². The lowest BCUT2D eigenvalue weighted by Crippen LogP contribution is -2.06. The van der Waals surface area contributed by atoms with Gasteiger partial charge >= 0.3 is 0 Å². The average Bonchev–Trinajstić information content (AvgIpc) is 2.42. The third-order valence-electron chi connectivity index (χ3n) is 2.75. The molecule has 0 radical (unpaired) electrons. The van der Waals surface area contributed by atoms with Crippen molar-refractivity contribution < 1.29 is 17.9 Å². The molecule has 2 aromatic carbocycles. The molecule has 112 valence electrons. The van der Waals surface area contributed by atoms with Crippen LogP contribution < -0.4 is 10.1 Å². The zero-order chi connectivity index (χ0) is 15.4. The van der Waals surface area contributed by atoms with Gasteiger partial charge < -0.3 is 10.1 Å². The van der Waals surface area contributed by atoms with Crippen LogP contribution in [0.1, 0.15) is 19.4 Å². The van der Waals surface area contributed by atoms with E-state index >= 15 is 0 Å². The van der Waals surface area contributed by atoms with E-state index in [4.69, 9.17) is 4.74 Å². The lowest BCUT2D eigenvalue weighted by Gasteiger charge is -2.12. The first-order valence-corrected chi connectivity index (χ1v) is 6.59. The summed E-state index contributed by atoms with van der Waals surface area (Å²) in [6, 6.07) is 9.21. The molecule has 1 N–H and O–H groups in total. The summed E-state index contributed by atoms with van der Waals surface area (Å²) in [4.78, 5) is 0. The Morgan fingerprint density at radius 2 is 1.71 bits per heavy atom. The quantitative estimate of drug-likeness (QED) is 0.820. The van der Waals surface area contributed by atoms with E-state index in [0.29, 0.717) is 6.54 Å². The number of rotatable bonds is 5. The van der Waals surface area contributed by atoms with Crippen LogP contribution in [0.25, 0.3) is 0 Å². The number of benzene rings is 2. The topological polar surface area (TPSA) is 21.3 Å². The number of nitrogens with one attached hydrogen (secondary N) is 1. The summed E-state index contributed by atoms with van der Waals surface area (Å²) in [6.07, 6.45) is 0.0634. The lowest BCUT2D eigenvalue weighted by molar-refractivity contribution is 0.242. The van der Waals surface area contributed by atoms with Crippen LogP contribution in [0.4, 0.5) is 18.9 Å². The lowest BCUT2D eigenvalue weighted by atomic mass is 10.2. The SMILES string of the molecule is CC(C)Oc1cccc(CNc2cc(F)c(F)c(F)c2)c1. The average molecular weight is 295 g/mol. The fourth-order valence-electron chi connectivity index (χ4n) is 1.86. The third kappa shape index (κ3) is 4.15.